The van der Waals surface area contributed by atoms with Gasteiger partial charge in [0.25, 0.3) is 0 Å². The normalized spacial score (nSPS) is 18.5. The third-order valence-electron chi connectivity index (χ3n) is 5.17. The van der Waals surface area contributed by atoms with Crippen LogP contribution < -0.4 is 5.32 Å². The van der Waals surface area contributed by atoms with Gasteiger partial charge in [0.1, 0.15) is 5.82 Å². The Morgan fingerprint density at radius 2 is 1.92 bits per heavy atom. The van der Waals surface area contributed by atoms with Crippen LogP contribution in [0.3, 0.4) is 0 Å². The number of benzene rings is 1. The zero-order valence-corrected chi connectivity index (χ0v) is 14.2. The van der Waals surface area contributed by atoms with E-state index < -0.39 is 0 Å². The molecule has 6 heteroatoms. The lowest BCUT2D eigenvalue weighted by molar-refractivity contribution is -0.133. The fraction of sp³-hybridized carbons (Fsp3) is 0.474. The monoisotopic (exact) mass is 342 g/mol. The van der Waals surface area contributed by atoms with Crippen LogP contribution in [0.2, 0.25) is 0 Å². The second kappa shape index (κ2) is 6.96. The molecule has 0 unspecified atom stereocenters. The van der Waals surface area contributed by atoms with Crippen molar-refractivity contribution < 1.29 is 9.18 Å². The Labute approximate surface area is 146 Å². The van der Waals surface area contributed by atoms with Crippen molar-refractivity contribution in [3.05, 3.63) is 41.8 Å². The highest BCUT2D eigenvalue weighted by molar-refractivity contribution is 5.81. The van der Waals surface area contributed by atoms with Gasteiger partial charge in [-0.2, -0.15) is 5.10 Å². The Morgan fingerprint density at radius 3 is 2.60 bits per heavy atom. The summed E-state index contributed by atoms with van der Waals surface area (Å²) in [6.07, 6.45) is 5.94. The van der Waals surface area contributed by atoms with Crippen molar-refractivity contribution in [2.24, 2.45) is 5.92 Å². The lowest BCUT2D eigenvalue weighted by Gasteiger charge is -2.32. The predicted molar refractivity (Wildman–Crippen MR) is 93.1 cm³/mol. The van der Waals surface area contributed by atoms with Gasteiger partial charge >= 0.3 is 0 Å². The molecular formula is C19H23FN4O. The summed E-state index contributed by atoms with van der Waals surface area (Å²) in [6.45, 7) is 2.41. The number of nitrogens with one attached hydrogen (secondary N) is 2. The zero-order chi connectivity index (χ0) is 17.2. The van der Waals surface area contributed by atoms with Crippen LogP contribution in [0.1, 0.15) is 31.2 Å². The maximum Gasteiger partial charge on any atom is 0.225 e. The number of hydrogen-bond acceptors (Lipinski definition) is 3. The standard InChI is InChI=1S/C19H23FN4O/c20-16-5-3-13(4-6-16)18-15(12-22-23-18)11-21-17-7-9-24(10-8-17)19(25)14-1-2-14/h3-6,12,14,17,21H,1-2,7-11H2,(H,22,23). The Hall–Kier alpha value is -2.21. The smallest absolute Gasteiger partial charge is 0.225 e. The lowest BCUT2D eigenvalue weighted by atomic mass is 10.0. The van der Waals surface area contributed by atoms with E-state index >= 15 is 0 Å². The number of carbonyl (C=O) groups excluding carboxylic acids is 1. The van der Waals surface area contributed by atoms with Crippen LogP contribution in [-0.2, 0) is 11.3 Å². The molecule has 1 saturated carbocycles. The molecule has 1 aliphatic carbocycles. The van der Waals surface area contributed by atoms with Crippen molar-refractivity contribution >= 4 is 5.91 Å². The van der Waals surface area contributed by atoms with Crippen LogP contribution in [0.5, 0.6) is 0 Å². The van der Waals surface area contributed by atoms with E-state index in [9.17, 15) is 9.18 Å². The average Bonchev–Trinajstić information content (AvgIpc) is 3.39. The van der Waals surface area contributed by atoms with Crippen LogP contribution in [0, 0.1) is 11.7 Å². The molecule has 2 heterocycles. The number of hydrogen-bond donors (Lipinski definition) is 2. The Kier molecular flexibility index (Phi) is 4.53. The number of halogens is 1. The third kappa shape index (κ3) is 3.74. The molecule has 2 fully saturated rings. The number of piperidine rings is 1. The van der Waals surface area contributed by atoms with E-state index in [2.05, 4.69) is 15.5 Å². The fourth-order valence-electron chi connectivity index (χ4n) is 3.46. The third-order valence-corrected chi connectivity index (χ3v) is 5.17. The summed E-state index contributed by atoms with van der Waals surface area (Å²) < 4.78 is 13.1. The van der Waals surface area contributed by atoms with Crippen LogP contribution >= 0.6 is 0 Å². The molecule has 5 nitrogen and oxygen atoms in total. The van der Waals surface area contributed by atoms with Crippen molar-refractivity contribution in [1.29, 1.82) is 0 Å². The van der Waals surface area contributed by atoms with Gasteiger partial charge in [-0.15, -0.1) is 0 Å². The van der Waals surface area contributed by atoms with E-state index in [-0.39, 0.29) is 5.82 Å². The fourth-order valence-corrected chi connectivity index (χ4v) is 3.46. The summed E-state index contributed by atoms with van der Waals surface area (Å²) in [7, 11) is 0. The van der Waals surface area contributed by atoms with E-state index in [1.807, 2.05) is 11.1 Å². The molecule has 1 amide bonds. The Bertz CT molecular complexity index is 730. The second-order valence-electron chi connectivity index (χ2n) is 7.03. The average molecular weight is 342 g/mol. The summed E-state index contributed by atoms with van der Waals surface area (Å²) >= 11 is 0. The van der Waals surface area contributed by atoms with Gasteiger partial charge in [0.05, 0.1) is 11.9 Å². The molecule has 1 saturated heterocycles. The van der Waals surface area contributed by atoms with Gasteiger partial charge < -0.3 is 10.2 Å². The van der Waals surface area contributed by atoms with Gasteiger partial charge in [0.2, 0.25) is 5.91 Å². The van der Waals surface area contributed by atoms with Crippen LogP contribution in [0.15, 0.2) is 30.5 Å². The van der Waals surface area contributed by atoms with Gasteiger partial charge in [-0.25, -0.2) is 4.39 Å². The van der Waals surface area contributed by atoms with E-state index in [0.29, 0.717) is 24.4 Å². The predicted octanol–water partition coefficient (Wildman–Crippen LogP) is 2.71. The van der Waals surface area contributed by atoms with E-state index in [0.717, 1.165) is 55.6 Å². The summed E-state index contributed by atoms with van der Waals surface area (Å²) in [5.41, 5.74) is 2.93. The summed E-state index contributed by atoms with van der Waals surface area (Å²) in [6, 6.07) is 6.85. The number of likely N-dealkylation sites (tertiary alicyclic amines) is 1. The molecule has 132 valence electrons. The molecule has 0 spiro atoms. The van der Waals surface area contributed by atoms with E-state index in [4.69, 9.17) is 0 Å². The van der Waals surface area contributed by atoms with Crippen LogP contribution in [0.25, 0.3) is 11.3 Å². The first-order valence-corrected chi connectivity index (χ1v) is 9.01. The van der Waals surface area contributed by atoms with Crippen molar-refractivity contribution in [2.75, 3.05) is 13.1 Å². The molecule has 0 radical (unpaired) electrons. The Balaban J connectivity index is 1.31. The first kappa shape index (κ1) is 16.3. The summed E-state index contributed by atoms with van der Waals surface area (Å²) in [5, 5.41) is 10.7. The van der Waals surface area contributed by atoms with Crippen molar-refractivity contribution in [2.45, 2.75) is 38.3 Å². The highest BCUT2D eigenvalue weighted by Crippen LogP contribution is 2.32. The highest BCUT2D eigenvalue weighted by Gasteiger charge is 2.34. The van der Waals surface area contributed by atoms with E-state index in [1.165, 1.54) is 12.1 Å². The molecule has 1 aromatic carbocycles. The number of rotatable bonds is 5. The SMILES string of the molecule is O=C(C1CC1)N1CCC(NCc2cn[nH]c2-c2ccc(F)cc2)CC1. The molecular weight excluding hydrogens is 319 g/mol. The van der Waals surface area contributed by atoms with Gasteiger partial charge in [0, 0.05) is 42.7 Å². The minimum absolute atomic E-state index is 0.240. The molecule has 2 N–H and O–H groups in total. The maximum absolute atomic E-state index is 13.1. The minimum atomic E-state index is -0.240. The largest absolute Gasteiger partial charge is 0.342 e. The number of carbonyl (C=O) groups is 1. The van der Waals surface area contributed by atoms with Crippen LogP contribution in [0.4, 0.5) is 4.39 Å². The van der Waals surface area contributed by atoms with Gasteiger partial charge in [-0.1, -0.05) is 0 Å². The first-order valence-electron chi connectivity index (χ1n) is 9.01. The molecule has 1 aliphatic heterocycles. The Morgan fingerprint density at radius 1 is 1.20 bits per heavy atom. The molecule has 25 heavy (non-hydrogen) atoms. The highest BCUT2D eigenvalue weighted by atomic mass is 19.1. The summed E-state index contributed by atoms with van der Waals surface area (Å²) in [5.74, 6) is 0.427. The van der Waals surface area contributed by atoms with Gasteiger partial charge in [-0.3, -0.25) is 9.89 Å². The van der Waals surface area contributed by atoms with Crippen LogP contribution in [-0.4, -0.2) is 40.1 Å². The quantitative estimate of drug-likeness (QED) is 0.878. The summed E-state index contributed by atoms with van der Waals surface area (Å²) in [4.78, 5) is 14.1. The maximum atomic E-state index is 13.1. The van der Waals surface area contributed by atoms with Crippen molar-refractivity contribution in [3.63, 3.8) is 0 Å². The van der Waals surface area contributed by atoms with Crippen molar-refractivity contribution in [1.82, 2.24) is 20.4 Å². The number of amides is 1. The number of aromatic nitrogens is 2. The number of aromatic amines is 1. The molecule has 4 rings (SSSR count). The number of H-pyrrole nitrogens is 1. The molecule has 0 atom stereocenters. The lowest BCUT2D eigenvalue weighted by Crippen LogP contribution is -2.45. The molecule has 2 aliphatic rings. The molecule has 1 aromatic heterocycles. The second-order valence-corrected chi connectivity index (χ2v) is 7.03. The van der Waals surface area contributed by atoms with E-state index in [1.54, 1.807) is 12.1 Å². The minimum Gasteiger partial charge on any atom is -0.342 e. The number of nitrogens with zero attached hydrogens (tertiary/aromatic N) is 2. The van der Waals surface area contributed by atoms with Gasteiger partial charge in [-0.05, 0) is 49.9 Å². The molecule has 0 bridgehead atoms. The topological polar surface area (TPSA) is 61.0 Å². The molecule has 2 aromatic rings. The zero-order valence-electron chi connectivity index (χ0n) is 14.2. The van der Waals surface area contributed by atoms with Crippen molar-refractivity contribution in [3.8, 4) is 11.3 Å². The first-order chi connectivity index (χ1) is 12.2. The van der Waals surface area contributed by atoms with Gasteiger partial charge in [0.15, 0.2) is 0 Å².